The van der Waals surface area contributed by atoms with Crippen molar-refractivity contribution in [1.82, 2.24) is 0 Å². The molecule has 0 saturated heterocycles. The van der Waals surface area contributed by atoms with Gasteiger partial charge in [0.2, 0.25) is 0 Å². The van der Waals surface area contributed by atoms with Crippen LogP contribution in [0.3, 0.4) is 0 Å². The van der Waals surface area contributed by atoms with Crippen LogP contribution in [0.2, 0.25) is 0 Å². The van der Waals surface area contributed by atoms with Crippen molar-refractivity contribution < 1.29 is 9.53 Å². The summed E-state index contributed by atoms with van der Waals surface area (Å²) in [5.41, 5.74) is 0. The SMILES string of the molecule is O=C(CCCOCCc1cccs1)c1cccs1. The monoisotopic (exact) mass is 280 g/mol. The fourth-order valence-electron chi connectivity index (χ4n) is 1.62. The van der Waals surface area contributed by atoms with Gasteiger partial charge in [-0.15, -0.1) is 22.7 Å². The van der Waals surface area contributed by atoms with Crippen LogP contribution in [0, 0.1) is 0 Å². The first-order valence-corrected chi connectivity index (χ1v) is 7.79. The molecular weight excluding hydrogens is 264 g/mol. The van der Waals surface area contributed by atoms with E-state index in [0.29, 0.717) is 13.0 Å². The van der Waals surface area contributed by atoms with Gasteiger partial charge in [-0.05, 0) is 29.3 Å². The van der Waals surface area contributed by atoms with Crippen LogP contribution in [0.4, 0.5) is 0 Å². The third kappa shape index (κ3) is 4.37. The van der Waals surface area contributed by atoms with Gasteiger partial charge in [-0.25, -0.2) is 0 Å². The number of thiophene rings is 2. The predicted octanol–water partition coefficient (Wildman–Crippen LogP) is 4.03. The average Bonchev–Trinajstić information content (AvgIpc) is 3.05. The molecule has 0 aliphatic rings. The molecule has 0 unspecified atom stereocenters. The van der Waals surface area contributed by atoms with Crippen LogP contribution >= 0.6 is 22.7 Å². The molecule has 96 valence electrons. The number of rotatable bonds is 8. The minimum Gasteiger partial charge on any atom is -0.381 e. The van der Waals surface area contributed by atoms with Gasteiger partial charge < -0.3 is 4.74 Å². The van der Waals surface area contributed by atoms with Crippen LogP contribution in [0.25, 0.3) is 0 Å². The molecule has 2 nitrogen and oxygen atoms in total. The third-order valence-electron chi connectivity index (χ3n) is 2.56. The molecule has 0 atom stereocenters. The zero-order valence-electron chi connectivity index (χ0n) is 10.1. The summed E-state index contributed by atoms with van der Waals surface area (Å²) in [7, 11) is 0. The summed E-state index contributed by atoms with van der Waals surface area (Å²) < 4.78 is 5.53. The normalized spacial score (nSPS) is 10.7. The maximum Gasteiger partial charge on any atom is 0.172 e. The summed E-state index contributed by atoms with van der Waals surface area (Å²) in [5.74, 6) is 0.229. The van der Waals surface area contributed by atoms with Gasteiger partial charge in [0, 0.05) is 24.3 Å². The van der Waals surface area contributed by atoms with Crippen molar-refractivity contribution in [2.75, 3.05) is 13.2 Å². The Morgan fingerprint density at radius 3 is 2.67 bits per heavy atom. The smallest absolute Gasteiger partial charge is 0.172 e. The molecule has 0 radical (unpaired) electrons. The molecule has 4 heteroatoms. The second-order valence-electron chi connectivity index (χ2n) is 3.95. The molecule has 0 saturated carbocycles. The number of hydrogen-bond donors (Lipinski definition) is 0. The summed E-state index contributed by atoms with van der Waals surface area (Å²) in [6.45, 7) is 1.41. The van der Waals surface area contributed by atoms with E-state index < -0.39 is 0 Å². The van der Waals surface area contributed by atoms with E-state index in [0.717, 1.165) is 24.3 Å². The molecule has 2 heterocycles. The van der Waals surface area contributed by atoms with Crippen LogP contribution in [0.15, 0.2) is 35.0 Å². The van der Waals surface area contributed by atoms with Crippen LogP contribution < -0.4 is 0 Å². The molecule has 0 bridgehead atoms. The summed E-state index contributed by atoms with van der Waals surface area (Å²) in [4.78, 5) is 13.9. The second-order valence-corrected chi connectivity index (χ2v) is 5.93. The third-order valence-corrected chi connectivity index (χ3v) is 4.41. The van der Waals surface area contributed by atoms with Gasteiger partial charge in [-0.3, -0.25) is 4.79 Å². The lowest BCUT2D eigenvalue weighted by molar-refractivity contribution is 0.0944. The van der Waals surface area contributed by atoms with Gasteiger partial charge in [-0.1, -0.05) is 12.1 Å². The standard InChI is InChI=1S/C14H16O2S2/c15-13(14-6-3-11-18-14)5-1-8-16-9-7-12-4-2-10-17-12/h2-4,6,10-11H,1,5,7-9H2. The highest BCUT2D eigenvalue weighted by Crippen LogP contribution is 2.12. The maximum atomic E-state index is 11.7. The van der Waals surface area contributed by atoms with Crippen molar-refractivity contribution >= 4 is 28.5 Å². The average molecular weight is 280 g/mol. The number of ether oxygens (including phenoxy) is 1. The van der Waals surface area contributed by atoms with Crippen LogP contribution in [0.1, 0.15) is 27.4 Å². The molecule has 0 aromatic carbocycles. The minimum absolute atomic E-state index is 0.229. The van der Waals surface area contributed by atoms with E-state index in [4.69, 9.17) is 4.74 Å². The highest BCUT2D eigenvalue weighted by atomic mass is 32.1. The van der Waals surface area contributed by atoms with Crippen LogP contribution in [0.5, 0.6) is 0 Å². The van der Waals surface area contributed by atoms with E-state index in [1.807, 2.05) is 17.5 Å². The van der Waals surface area contributed by atoms with Gasteiger partial charge in [-0.2, -0.15) is 0 Å². The second kappa shape index (κ2) is 7.46. The zero-order chi connectivity index (χ0) is 12.6. The Balaban J connectivity index is 1.52. The van der Waals surface area contributed by atoms with Crippen molar-refractivity contribution in [3.8, 4) is 0 Å². The van der Waals surface area contributed by atoms with Gasteiger partial charge >= 0.3 is 0 Å². The predicted molar refractivity (Wildman–Crippen MR) is 76.7 cm³/mol. The van der Waals surface area contributed by atoms with Crippen molar-refractivity contribution in [2.24, 2.45) is 0 Å². The molecule has 0 aliphatic heterocycles. The van der Waals surface area contributed by atoms with E-state index in [2.05, 4.69) is 17.5 Å². The zero-order valence-corrected chi connectivity index (χ0v) is 11.8. The van der Waals surface area contributed by atoms with Crippen molar-refractivity contribution in [3.05, 3.63) is 44.8 Å². The van der Waals surface area contributed by atoms with Gasteiger partial charge in [0.25, 0.3) is 0 Å². The summed E-state index contributed by atoms with van der Waals surface area (Å²) in [5, 5.41) is 4.01. The first-order chi connectivity index (χ1) is 8.86. The lowest BCUT2D eigenvalue weighted by atomic mass is 10.2. The van der Waals surface area contributed by atoms with Crippen LogP contribution in [-0.4, -0.2) is 19.0 Å². The first-order valence-electron chi connectivity index (χ1n) is 6.03. The van der Waals surface area contributed by atoms with E-state index in [9.17, 15) is 4.79 Å². The van der Waals surface area contributed by atoms with Crippen LogP contribution in [-0.2, 0) is 11.2 Å². The largest absolute Gasteiger partial charge is 0.381 e. The fourth-order valence-corrected chi connectivity index (χ4v) is 3.01. The maximum absolute atomic E-state index is 11.7. The Hall–Kier alpha value is -0.970. The van der Waals surface area contributed by atoms with Crippen molar-refractivity contribution in [1.29, 1.82) is 0 Å². The molecule has 0 aliphatic carbocycles. The quantitative estimate of drug-likeness (QED) is 0.539. The molecule has 0 amide bonds. The highest BCUT2D eigenvalue weighted by molar-refractivity contribution is 7.12. The Labute approximate surface area is 115 Å². The molecule has 0 N–H and O–H groups in total. The number of carbonyl (C=O) groups excluding carboxylic acids is 1. The summed E-state index contributed by atoms with van der Waals surface area (Å²) in [6, 6.07) is 7.97. The van der Waals surface area contributed by atoms with Crippen molar-refractivity contribution in [3.63, 3.8) is 0 Å². The van der Waals surface area contributed by atoms with Crippen molar-refractivity contribution in [2.45, 2.75) is 19.3 Å². The molecule has 0 fully saturated rings. The molecule has 18 heavy (non-hydrogen) atoms. The van der Waals surface area contributed by atoms with E-state index in [1.54, 1.807) is 11.3 Å². The Bertz CT molecular complexity index is 446. The summed E-state index contributed by atoms with van der Waals surface area (Å²) >= 11 is 3.27. The topological polar surface area (TPSA) is 26.3 Å². The Morgan fingerprint density at radius 1 is 1.11 bits per heavy atom. The van der Waals surface area contributed by atoms with Gasteiger partial charge in [0.1, 0.15) is 0 Å². The number of Topliss-reactive ketones (excluding diaryl/α,β-unsaturated/α-hetero) is 1. The van der Waals surface area contributed by atoms with Gasteiger partial charge in [0.05, 0.1) is 11.5 Å². The minimum atomic E-state index is 0.229. The lowest BCUT2D eigenvalue weighted by Gasteiger charge is -2.02. The molecule has 2 rings (SSSR count). The Kier molecular flexibility index (Phi) is 5.58. The van der Waals surface area contributed by atoms with Gasteiger partial charge in [0.15, 0.2) is 5.78 Å². The molecule has 2 aromatic rings. The lowest BCUT2D eigenvalue weighted by Crippen LogP contribution is -2.02. The summed E-state index contributed by atoms with van der Waals surface area (Å²) in [6.07, 6.45) is 2.36. The number of carbonyl (C=O) groups is 1. The van der Waals surface area contributed by atoms with E-state index >= 15 is 0 Å². The first kappa shape index (κ1) is 13.5. The molecule has 0 spiro atoms. The fraction of sp³-hybridized carbons (Fsp3) is 0.357. The molecular formula is C14H16O2S2. The molecule has 2 aromatic heterocycles. The number of ketones is 1. The number of hydrogen-bond acceptors (Lipinski definition) is 4. The Morgan fingerprint density at radius 2 is 1.94 bits per heavy atom. The van der Waals surface area contributed by atoms with E-state index in [-0.39, 0.29) is 5.78 Å². The van der Waals surface area contributed by atoms with E-state index in [1.165, 1.54) is 16.2 Å². The highest BCUT2D eigenvalue weighted by Gasteiger charge is 2.05.